The average Bonchev–Trinajstić information content (AvgIpc) is 2.94. The standard InChI is InChI=1S/C24H23BrF2O3.C8H6N2/c1-23(2,19-11-13-21(14-12-19)30-24(25,26)27)17-28-16-18-7-6-10-22(15-18)29-20-8-4-3-5-9-20;1-2-4-8-7(3-1)9-5-6-10-8/h3-15H,16-17H2,1-2H3;1-6H. The quantitative estimate of drug-likeness (QED) is 0.157. The molecule has 5 aromatic rings. The average molecular weight is 607 g/mol. The highest BCUT2D eigenvalue weighted by atomic mass is 79.9. The molecule has 0 aliphatic heterocycles. The fraction of sp³-hybridized carbons (Fsp3) is 0.188. The number of aromatic nitrogens is 2. The number of fused-ring (bicyclic) bond motifs is 1. The molecule has 0 bridgehead atoms. The number of para-hydroxylation sites is 3. The summed E-state index contributed by atoms with van der Waals surface area (Å²) in [5, 5.41) is -3.38. The van der Waals surface area contributed by atoms with Gasteiger partial charge in [0.1, 0.15) is 17.2 Å². The van der Waals surface area contributed by atoms with Gasteiger partial charge in [-0.15, -0.1) is 0 Å². The number of hydrogen-bond donors (Lipinski definition) is 0. The molecule has 0 amide bonds. The molecule has 40 heavy (non-hydrogen) atoms. The Labute approximate surface area is 240 Å². The van der Waals surface area contributed by atoms with Crippen LogP contribution in [0.4, 0.5) is 8.78 Å². The Morgan fingerprint density at radius 2 is 1.30 bits per heavy atom. The first kappa shape index (κ1) is 29.1. The van der Waals surface area contributed by atoms with E-state index in [1.54, 1.807) is 24.5 Å². The molecule has 206 valence electrons. The second-order valence-corrected chi connectivity index (χ2v) is 10.5. The summed E-state index contributed by atoms with van der Waals surface area (Å²) in [6.07, 6.45) is 3.39. The van der Waals surface area contributed by atoms with Crippen LogP contribution in [0.5, 0.6) is 17.2 Å². The van der Waals surface area contributed by atoms with Crippen LogP contribution in [0.1, 0.15) is 25.0 Å². The van der Waals surface area contributed by atoms with Crippen molar-refractivity contribution in [2.24, 2.45) is 0 Å². The van der Waals surface area contributed by atoms with E-state index in [9.17, 15) is 8.78 Å². The molecule has 1 aromatic heterocycles. The Morgan fingerprint density at radius 1 is 0.700 bits per heavy atom. The molecule has 5 nitrogen and oxygen atoms in total. The minimum absolute atomic E-state index is 0.0903. The maximum atomic E-state index is 12.9. The summed E-state index contributed by atoms with van der Waals surface area (Å²) in [5.74, 6) is 1.62. The second kappa shape index (κ2) is 13.5. The number of benzene rings is 4. The van der Waals surface area contributed by atoms with Crippen molar-refractivity contribution in [3.63, 3.8) is 0 Å². The Hall–Kier alpha value is -3.88. The van der Waals surface area contributed by atoms with Gasteiger partial charge in [0.2, 0.25) is 0 Å². The third kappa shape index (κ3) is 9.10. The van der Waals surface area contributed by atoms with E-state index in [0.717, 1.165) is 33.7 Å². The van der Waals surface area contributed by atoms with Crippen molar-refractivity contribution in [2.45, 2.75) is 30.9 Å². The second-order valence-electron chi connectivity index (χ2n) is 9.56. The molecule has 0 unspecified atom stereocenters. The molecule has 0 aliphatic carbocycles. The van der Waals surface area contributed by atoms with Crippen molar-refractivity contribution in [1.29, 1.82) is 0 Å². The molecule has 0 spiro atoms. The van der Waals surface area contributed by atoms with E-state index in [4.69, 9.17) is 9.47 Å². The predicted octanol–water partition coefficient (Wildman–Crippen LogP) is 8.93. The van der Waals surface area contributed by atoms with Crippen LogP contribution in [0.3, 0.4) is 0 Å². The van der Waals surface area contributed by atoms with Gasteiger partial charge in [-0.3, -0.25) is 9.97 Å². The van der Waals surface area contributed by atoms with Crippen LogP contribution in [0.25, 0.3) is 11.0 Å². The highest BCUT2D eigenvalue weighted by Gasteiger charge is 2.27. The van der Waals surface area contributed by atoms with Crippen molar-refractivity contribution < 1.29 is 23.0 Å². The number of alkyl halides is 3. The zero-order chi connectivity index (χ0) is 28.4. The van der Waals surface area contributed by atoms with Gasteiger partial charge in [0.05, 0.1) is 24.2 Å². The molecule has 8 heteroatoms. The summed E-state index contributed by atoms with van der Waals surface area (Å²) in [6, 6.07) is 31.8. The number of hydrogen-bond acceptors (Lipinski definition) is 5. The van der Waals surface area contributed by atoms with E-state index < -0.39 is 5.02 Å². The topological polar surface area (TPSA) is 53.5 Å². The van der Waals surface area contributed by atoms with Gasteiger partial charge in [0, 0.05) is 33.7 Å². The smallest absolute Gasteiger partial charge is 0.457 e. The zero-order valence-electron chi connectivity index (χ0n) is 22.1. The molecule has 0 saturated carbocycles. The first-order chi connectivity index (χ1) is 19.2. The SMILES string of the molecule is CC(C)(COCc1cccc(Oc2ccccc2)c1)c1ccc(OC(F)(F)Br)cc1.c1ccc2nccnc2c1. The normalized spacial score (nSPS) is 11.4. The van der Waals surface area contributed by atoms with Gasteiger partial charge >= 0.3 is 5.02 Å². The molecule has 1 heterocycles. The van der Waals surface area contributed by atoms with Crippen molar-refractivity contribution >= 4 is 27.0 Å². The number of nitrogens with zero attached hydrogens (tertiary/aromatic N) is 2. The van der Waals surface area contributed by atoms with Crippen LogP contribution < -0.4 is 9.47 Å². The first-order valence-electron chi connectivity index (χ1n) is 12.6. The summed E-state index contributed by atoms with van der Waals surface area (Å²) in [4.78, 5) is 8.24. The van der Waals surface area contributed by atoms with E-state index in [1.165, 1.54) is 12.1 Å². The zero-order valence-corrected chi connectivity index (χ0v) is 23.7. The Bertz CT molecular complexity index is 1430. The van der Waals surface area contributed by atoms with Gasteiger partial charge < -0.3 is 14.2 Å². The lowest BCUT2D eigenvalue weighted by Crippen LogP contribution is -2.24. The third-order valence-electron chi connectivity index (χ3n) is 5.85. The number of ether oxygens (including phenoxy) is 3. The molecule has 0 atom stereocenters. The maximum Gasteiger partial charge on any atom is 0.459 e. The van der Waals surface area contributed by atoms with Crippen molar-refractivity contribution in [3.8, 4) is 17.2 Å². The molecule has 0 aliphatic rings. The lowest BCUT2D eigenvalue weighted by Gasteiger charge is -2.25. The van der Waals surface area contributed by atoms with Crippen LogP contribution in [-0.4, -0.2) is 21.6 Å². The van der Waals surface area contributed by atoms with Crippen LogP contribution in [0.2, 0.25) is 0 Å². The summed E-state index contributed by atoms with van der Waals surface area (Å²) >= 11 is 2.17. The Balaban J connectivity index is 0.000000307. The molecule has 0 fully saturated rings. The molecule has 5 rings (SSSR count). The maximum absolute atomic E-state index is 12.9. The van der Waals surface area contributed by atoms with Crippen LogP contribution in [-0.2, 0) is 16.8 Å². The van der Waals surface area contributed by atoms with Crippen molar-refractivity contribution in [2.75, 3.05) is 6.61 Å². The highest BCUT2D eigenvalue weighted by molar-refractivity contribution is 9.09. The molecule has 4 aromatic carbocycles. The predicted molar refractivity (Wildman–Crippen MR) is 156 cm³/mol. The van der Waals surface area contributed by atoms with Gasteiger partial charge in [-0.2, -0.15) is 8.78 Å². The van der Waals surface area contributed by atoms with Crippen LogP contribution in [0, 0.1) is 0 Å². The van der Waals surface area contributed by atoms with E-state index in [0.29, 0.717) is 13.2 Å². The van der Waals surface area contributed by atoms with Crippen molar-refractivity contribution in [3.05, 3.63) is 127 Å². The minimum Gasteiger partial charge on any atom is -0.457 e. The Morgan fingerprint density at radius 3 is 1.93 bits per heavy atom. The Kier molecular flexibility index (Phi) is 9.79. The molecular formula is C32H29BrF2N2O3. The van der Waals surface area contributed by atoms with Gasteiger partial charge in [-0.05, 0) is 59.7 Å². The summed E-state index contributed by atoms with van der Waals surface area (Å²) in [7, 11) is 0. The molecule has 0 radical (unpaired) electrons. The summed E-state index contributed by atoms with van der Waals surface area (Å²) < 4.78 is 42.1. The summed E-state index contributed by atoms with van der Waals surface area (Å²) in [5.41, 5.74) is 3.57. The van der Waals surface area contributed by atoms with Gasteiger partial charge in [-0.1, -0.05) is 68.4 Å². The van der Waals surface area contributed by atoms with E-state index in [1.807, 2.05) is 92.7 Å². The largest absolute Gasteiger partial charge is 0.459 e. The minimum atomic E-state index is -3.38. The van der Waals surface area contributed by atoms with Gasteiger partial charge in [0.15, 0.2) is 0 Å². The lowest BCUT2D eigenvalue weighted by molar-refractivity contribution is -0.0803. The number of halogens is 3. The fourth-order valence-electron chi connectivity index (χ4n) is 3.85. The van der Waals surface area contributed by atoms with E-state index in [2.05, 4.69) is 30.6 Å². The molecular weight excluding hydrogens is 578 g/mol. The molecule has 0 N–H and O–H groups in total. The highest BCUT2D eigenvalue weighted by Crippen LogP contribution is 2.30. The van der Waals surface area contributed by atoms with Gasteiger partial charge in [0.25, 0.3) is 0 Å². The monoisotopic (exact) mass is 606 g/mol. The lowest BCUT2D eigenvalue weighted by atomic mass is 9.85. The van der Waals surface area contributed by atoms with E-state index in [-0.39, 0.29) is 11.2 Å². The van der Waals surface area contributed by atoms with Crippen LogP contribution >= 0.6 is 15.9 Å². The van der Waals surface area contributed by atoms with E-state index >= 15 is 0 Å². The third-order valence-corrected chi connectivity index (χ3v) is 6.02. The van der Waals surface area contributed by atoms with Gasteiger partial charge in [-0.25, -0.2) is 0 Å². The summed E-state index contributed by atoms with van der Waals surface area (Å²) in [6.45, 7) is 4.98. The number of rotatable bonds is 9. The first-order valence-corrected chi connectivity index (χ1v) is 13.4. The fourth-order valence-corrected chi connectivity index (χ4v) is 4.04. The van der Waals surface area contributed by atoms with Crippen LogP contribution in [0.15, 0.2) is 116 Å². The molecule has 0 saturated heterocycles. The van der Waals surface area contributed by atoms with Crippen molar-refractivity contribution in [1.82, 2.24) is 9.97 Å².